The molecule has 0 radical (unpaired) electrons. The molecule has 1 N–H and O–H groups in total. The summed E-state index contributed by atoms with van der Waals surface area (Å²) in [5, 5.41) is 2.26. The van der Waals surface area contributed by atoms with Crippen molar-refractivity contribution < 1.29 is 4.74 Å². The van der Waals surface area contributed by atoms with Crippen molar-refractivity contribution in [2.45, 2.75) is 13.5 Å². The number of ether oxygens (including phenoxy) is 1. The van der Waals surface area contributed by atoms with Crippen molar-refractivity contribution in [2.24, 2.45) is 0 Å². The lowest BCUT2D eigenvalue weighted by molar-refractivity contribution is 0.294. The highest BCUT2D eigenvalue weighted by molar-refractivity contribution is 5.83. The van der Waals surface area contributed by atoms with Crippen LogP contribution in [0.2, 0.25) is 0 Å². The molecule has 1 aromatic heterocycles. The molecule has 0 fully saturated rings. The number of nitrogens with zero attached hydrogens (tertiary/aromatic N) is 1. The van der Waals surface area contributed by atoms with Gasteiger partial charge in [0.25, 0.3) is 5.56 Å². The van der Waals surface area contributed by atoms with Crippen molar-refractivity contribution in [3.05, 3.63) is 75.1 Å². The van der Waals surface area contributed by atoms with Crippen LogP contribution in [-0.4, -0.2) is 16.2 Å². The van der Waals surface area contributed by atoms with E-state index in [1.165, 1.54) is 10.6 Å². The van der Waals surface area contributed by atoms with Crippen LogP contribution in [0.5, 0.6) is 5.75 Å². The Balaban J connectivity index is 1.72. The zero-order valence-electron chi connectivity index (χ0n) is 12.2. The van der Waals surface area contributed by atoms with Gasteiger partial charge in [-0.3, -0.25) is 14.3 Å². The summed E-state index contributed by atoms with van der Waals surface area (Å²) in [5.74, 6) is 0.758. The first-order chi connectivity index (χ1) is 10.6. The molecule has 1 heterocycles. The van der Waals surface area contributed by atoms with Gasteiger partial charge in [-0.2, -0.15) is 0 Å². The van der Waals surface area contributed by atoms with Crippen molar-refractivity contribution in [1.29, 1.82) is 0 Å². The molecule has 0 spiro atoms. The molecular weight excluding hydrogens is 280 g/mol. The summed E-state index contributed by atoms with van der Waals surface area (Å²) in [5.41, 5.74) is -0.169. The van der Waals surface area contributed by atoms with E-state index >= 15 is 0 Å². The normalized spacial score (nSPS) is 10.8. The molecule has 0 aliphatic rings. The summed E-state index contributed by atoms with van der Waals surface area (Å²) in [4.78, 5) is 25.2. The maximum Gasteiger partial charge on any atom is 0.328 e. The van der Waals surface area contributed by atoms with Crippen LogP contribution in [-0.2, 0) is 6.54 Å². The number of nitrogens with one attached hydrogen (secondary N) is 1. The Morgan fingerprint density at radius 3 is 2.59 bits per heavy atom. The maximum absolute atomic E-state index is 11.7. The van der Waals surface area contributed by atoms with Crippen LogP contribution in [0.25, 0.3) is 10.8 Å². The number of hydrogen-bond acceptors (Lipinski definition) is 3. The highest BCUT2D eigenvalue weighted by atomic mass is 16.5. The standard InChI is InChI=1S/C17H16N2O3/c1-12-10-16(20)18-17(21)19(12)8-9-22-15-7-6-13-4-2-3-5-14(13)11-15/h2-7,10-11H,8-9H2,1H3,(H,18,20,21). The molecule has 3 aromatic rings. The average molecular weight is 296 g/mol. The quantitative estimate of drug-likeness (QED) is 0.801. The van der Waals surface area contributed by atoms with E-state index in [9.17, 15) is 9.59 Å². The van der Waals surface area contributed by atoms with E-state index in [0.29, 0.717) is 18.8 Å². The van der Waals surface area contributed by atoms with Crippen molar-refractivity contribution in [3.63, 3.8) is 0 Å². The van der Waals surface area contributed by atoms with Crippen LogP contribution in [0.15, 0.2) is 58.1 Å². The summed E-state index contributed by atoms with van der Waals surface area (Å²) >= 11 is 0. The average Bonchev–Trinajstić information content (AvgIpc) is 2.49. The van der Waals surface area contributed by atoms with Crippen molar-refractivity contribution in [2.75, 3.05) is 6.61 Å². The van der Waals surface area contributed by atoms with Crippen molar-refractivity contribution in [3.8, 4) is 5.75 Å². The number of fused-ring (bicyclic) bond motifs is 1. The Hall–Kier alpha value is -2.82. The molecule has 0 atom stereocenters. The van der Waals surface area contributed by atoms with Crippen molar-refractivity contribution in [1.82, 2.24) is 9.55 Å². The number of benzene rings is 2. The van der Waals surface area contributed by atoms with E-state index in [2.05, 4.69) is 4.98 Å². The summed E-state index contributed by atoms with van der Waals surface area (Å²) in [6.45, 7) is 2.46. The number of H-pyrrole nitrogens is 1. The molecule has 3 rings (SSSR count). The number of aryl methyl sites for hydroxylation is 1. The second-order valence-corrected chi connectivity index (χ2v) is 5.09. The van der Waals surface area contributed by atoms with Gasteiger partial charge in [0, 0.05) is 11.8 Å². The Labute approximate surface area is 126 Å². The van der Waals surface area contributed by atoms with E-state index in [1.54, 1.807) is 6.92 Å². The molecule has 0 saturated carbocycles. The molecule has 112 valence electrons. The smallest absolute Gasteiger partial charge is 0.328 e. The van der Waals surface area contributed by atoms with Gasteiger partial charge in [0.15, 0.2) is 0 Å². The highest BCUT2D eigenvalue weighted by Gasteiger charge is 2.03. The molecule has 22 heavy (non-hydrogen) atoms. The minimum Gasteiger partial charge on any atom is -0.492 e. The highest BCUT2D eigenvalue weighted by Crippen LogP contribution is 2.20. The number of rotatable bonds is 4. The second-order valence-electron chi connectivity index (χ2n) is 5.09. The second kappa shape index (κ2) is 5.89. The van der Waals surface area contributed by atoms with Gasteiger partial charge in [-0.1, -0.05) is 30.3 Å². The minimum absolute atomic E-state index is 0.352. The third-order valence-corrected chi connectivity index (χ3v) is 3.55. The van der Waals surface area contributed by atoms with E-state index in [-0.39, 0.29) is 5.56 Å². The van der Waals surface area contributed by atoms with E-state index in [4.69, 9.17) is 4.74 Å². The summed E-state index contributed by atoms with van der Waals surface area (Å²) < 4.78 is 7.20. The molecule has 0 aliphatic heterocycles. The van der Waals surface area contributed by atoms with Crippen LogP contribution in [0.4, 0.5) is 0 Å². The van der Waals surface area contributed by atoms with Gasteiger partial charge >= 0.3 is 5.69 Å². The number of hydrogen-bond donors (Lipinski definition) is 1. The topological polar surface area (TPSA) is 64.1 Å². The van der Waals surface area contributed by atoms with Crippen LogP contribution in [0, 0.1) is 6.92 Å². The van der Waals surface area contributed by atoms with Gasteiger partial charge in [0.1, 0.15) is 12.4 Å². The van der Waals surface area contributed by atoms with Gasteiger partial charge < -0.3 is 4.74 Å². The van der Waals surface area contributed by atoms with Crippen molar-refractivity contribution >= 4 is 10.8 Å². The first kappa shape index (κ1) is 14.1. The summed E-state index contributed by atoms with van der Waals surface area (Å²) in [6.07, 6.45) is 0. The van der Waals surface area contributed by atoms with Crippen LogP contribution >= 0.6 is 0 Å². The Kier molecular flexibility index (Phi) is 3.78. The lowest BCUT2D eigenvalue weighted by atomic mass is 10.1. The molecule has 2 aromatic carbocycles. The van der Waals surface area contributed by atoms with Crippen LogP contribution in [0.3, 0.4) is 0 Å². The zero-order chi connectivity index (χ0) is 15.5. The zero-order valence-corrected chi connectivity index (χ0v) is 12.2. The van der Waals surface area contributed by atoms with Gasteiger partial charge in [-0.25, -0.2) is 4.79 Å². The Morgan fingerprint density at radius 1 is 1.05 bits per heavy atom. The lowest BCUT2D eigenvalue weighted by Crippen LogP contribution is -2.32. The van der Waals surface area contributed by atoms with Gasteiger partial charge in [0.05, 0.1) is 6.54 Å². The largest absolute Gasteiger partial charge is 0.492 e. The maximum atomic E-state index is 11.7. The SMILES string of the molecule is Cc1cc(=O)[nH]c(=O)n1CCOc1ccc2ccccc2c1. The predicted molar refractivity (Wildman–Crippen MR) is 85.5 cm³/mol. The van der Waals surface area contributed by atoms with Gasteiger partial charge in [-0.15, -0.1) is 0 Å². The summed E-state index contributed by atoms with van der Waals surface area (Å²) in [7, 11) is 0. The Bertz CT molecular complexity index is 925. The Morgan fingerprint density at radius 2 is 1.82 bits per heavy atom. The van der Waals surface area contributed by atoms with Crippen LogP contribution < -0.4 is 16.0 Å². The fraction of sp³-hybridized carbons (Fsp3) is 0.176. The predicted octanol–water partition coefficient (Wildman–Crippen LogP) is 2.08. The third kappa shape index (κ3) is 2.93. The van der Waals surface area contributed by atoms with Gasteiger partial charge in [-0.05, 0) is 29.8 Å². The molecule has 0 unspecified atom stereocenters. The number of aromatic nitrogens is 2. The monoisotopic (exact) mass is 296 g/mol. The van der Waals surface area contributed by atoms with E-state index in [1.807, 2.05) is 42.5 Å². The molecule has 0 aliphatic carbocycles. The van der Waals surface area contributed by atoms with E-state index in [0.717, 1.165) is 16.5 Å². The first-order valence-electron chi connectivity index (χ1n) is 7.06. The molecule has 0 amide bonds. The molecular formula is C17H16N2O3. The minimum atomic E-state index is -0.410. The molecule has 5 heteroatoms. The fourth-order valence-corrected chi connectivity index (χ4v) is 2.43. The summed E-state index contributed by atoms with van der Waals surface area (Å²) in [6, 6.07) is 15.3. The number of aromatic amines is 1. The fourth-order valence-electron chi connectivity index (χ4n) is 2.43. The van der Waals surface area contributed by atoms with Crippen LogP contribution in [0.1, 0.15) is 5.69 Å². The third-order valence-electron chi connectivity index (χ3n) is 3.55. The van der Waals surface area contributed by atoms with E-state index < -0.39 is 5.69 Å². The molecule has 0 bridgehead atoms. The molecule has 5 nitrogen and oxygen atoms in total. The lowest BCUT2D eigenvalue weighted by Gasteiger charge is -2.10. The molecule has 0 saturated heterocycles. The van der Waals surface area contributed by atoms with Gasteiger partial charge in [0.2, 0.25) is 0 Å². The first-order valence-corrected chi connectivity index (χ1v) is 7.06.